The Labute approximate surface area is 210 Å². The molecule has 1 amide bonds. The molecule has 2 aliphatic heterocycles. The second kappa shape index (κ2) is 9.97. The Morgan fingerprint density at radius 3 is 2.50 bits per heavy atom. The third-order valence-corrected chi connectivity index (χ3v) is 6.75. The predicted molar refractivity (Wildman–Crippen MR) is 137 cm³/mol. The molecule has 0 aliphatic carbocycles. The van der Waals surface area contributed by atoms with E-state index < -0.39 is 0 Å². The van der Waals surface area contributed by atoms with Crippen molar-refractivity contribution in [3.63, 3.8) is 0 Å². The number of nitrogens with zero attached hydrogens (tertiary/aromatic N) is 5. The molecule has 2 aromatic carbocycles. The first kappa shape index (κ1) is 23.8. The van der Waals surface area contributed by atoms with Crippen LogP contribution in [0.2, 0.25) is 0 Å². The first-order valence-corrected chi connectivity index (χ1v) is 12.3. The highest BCUT2D eigenvalue weighted by molar-refractivity contribution is 6.14. The van der Waals surface area contributed by atoms with Gasteiger partial charge in [-0.15, -0.1) is 0 Å². The first-order chi connectivity index (χ1) is 17.4. The van der Waals surface area contributed by atoms with Crippen molar-refractivity contribution < 1.29 is 13.9 Å². The van der Waals surface area contributed by atoms with E-state index in [2.05, 4.69) is 9.88 Å². The smallest absolute Gasteiger partial charge is 0.279 e. The van der Waals surface area contributed by atoms with E-state index in [0.717, 1.165) is 48.4 Å². The lowest BCUT2D eigenvalue weighted by Gasteiger charge is -2.35. The molecule has 2 aliphatic rings. The van der Waals surface area contributed by atoms with Gasteiger partial charge in [0.2, 0.25) is 5.96 Å². The maximum atomic E-state index is 13.7. The summed E-state index contributed by atoms with van der Waals surface area (Å²) < 4.78 is 21.1. The van der Waals surface area contributed by atoms with Crippen molar-refractivity contribution in [1.82, 2.24) is 19.4 Å². The Morgan fingerprint density at radius 2 is 1.83 bits per heavy atom. The molecule has 0 N–H and O–H groups in total. The molecule has 5 rings (SSSR count). The largest absolute Gasteiger partial charge is 0.495 e. The van der Waals surface area contributed by atoms with E-state index in [4.69, 9.17) is 9.73 Å². The number of ether oxygens (including phenoxy) is 1. The summed E-state index contributed by atoms with van der Waals surface area (Å²) >= 11 is 0. The molecule has 36 heavy (non-hydrogen) atoms. The summed E-state index contributed by atoms with van der Waals surface area (Å²) in [5, 5.41) is 0. The molecule has 0 radical (unpaired) electrons. The van der Waals surface area contributed by atoms with Gasteiger partial charge < -0.3 is 14.2 Å². The van der Waals surface area contributed by atoms with Gasteiger partial charge in [-0.3, -0.25) is 9.69 Å². The quantitative estimate of drug-likeness (QED) is 0.469. The molecule has 0 spiro atoms. The minimum Gasteiger partial charge on any atom is -0.495 e. The van der Waals surface area contributed by atoms with E-state index >= 15 is 0 Å². The summed E-state index contributed by atoms with van der Waals surface area (Å²) in [5.74, 6) is 0.873. The number of aryl methyl sites for hydroxylation is 1. The molecule has 7 nitrogen and oxygen atoms in total. The highest BCUT2D eigenvalue weighted by Gasteiger charge is 2.37. The molecule has 0 unspecified atom stereocenters. The van der Waals surface area contributed by atoms with E-state index in [1.807, 2.05) is 42.8 Å². The topological polar surface area (TPSA) is 63.0 Å². The maximum absolute atomic E-state index is 13.7. The van der Waals surface area contributed by atoms with Gasteiger partial charge in [0.25, 0.3) is 5.91 Å². The minimum atomic E-state index is -0.299. The number of imidazole rings is 1. The highest BCUT2D eigenvalue weighted by atomic mass is 19.1. The first-order valence-electron chi connectivity index (χ1n) is 12.3. The van der Waals surface area contributed by atoms with Gasteiger partial charge in [-0.2, -0.15) is 0 Å². The number of piperidine rings is 1. The number of amides is 1. The zero-order chi connectivity index (χ0) is 25.2. The van der Waals surface area contributed by atoms with Gasteiger partial charge in [0.05, 0.1) is 30.9 Å². The fourth-order valence-electron chi connectivity index (χ4n) is 4.78. The fraction of sp³-hybridized carbons (Fsp3) is 0.321. The molecule has 186 valence electrons. The van der Waals surface area contributed by atoms with Crippen molar-refractivity contribution in [2.24, 2.45) is 4.99 Å². The van der Waals surface area contributed by atoms with Gasteiger partial charge in [-0.05, 0) is 74.6 Å². The van der Waals surface area contributed by atoms with Crippen LogP contribution in [0.5, 0.6) is 5.75 Å². The molecular formula is C28H30FN5O2. The Morgan fingerprint density at radius 1 is 1.08 bits per heavy atom. The summed E-state index contributed by atoms with van der Waals surface area (Å²) in [7, 11) is 1.62. The third kappa shape index (κ3) is 4.63. The lowest BCUT2D eigenvalue weighted by Crippen LogP contribution is -2.46. The van der Waals surface area contributed by atoms with Crippen molar-refractivity contribution in [3.05, 3.63) is 83.3 Å². The number of hydrogen-bond donors (Lipinski definition) is 0. The SMILES string of the molecule is COc1cc(/C=C2\N=C(N3CCCCC3)N([C@@H](C)c3ccc(F)cc3)C2=O)ccc1-n1cnc(C)c1. The number of methoxy groups -OCH3 is 1. The number of carbonyl (C=O) groups excluding carboxylic acids is 1. The van der Waals surface area contributed by atoms with Crippen LogP contribution < -0.4 is 4.74 Å². The van der Waals surface area contributed by atoms with Crippen LogP contribution in [-0.4, -0.2) is 51.4 Å². The van der Waals surface area contributed by atoms with Crippen LogP contribution in [0.15, 0.2) is 65.7 Å². The number of guanidine groups is 1. The van der Waals surface area contributed by atoms with Crippen molar-refractivity contribution in [3.8, 4) is 11.4 Å². The molecule has 1 atom stereocenters. The molecule has 0 saturated carbocycles. The van der Waals surface area contributed by atoms with E-state index in [-0.39, 0.29) is 17.8 Å². The van der Waals surface area contributed by atoms with Gasteiger partial charge in [-0.1, -0.05) is 18.2 Å². The van der Waals surface area contributed by atoms with Crippen molar-refractivity contribution in [2.45, 2.75) is 39.2 Å². The van der Waals surface area contributed by atoms with Crippen LogP contribution in [0.1, 0.15) is 49.0 Å². The van der Waals surface area contributed by atoms with Crippen molar-refractivity contribution in [2.75, 3.05) is 20.2 Å². The lowest BCUT2D eigenvalue weighted by molar-refractivity contribution is -0.124. The molecule has 8 heteroatoms. The second-order valence-corrected chi connectivity index (χ2v) is 9.25. The van der Waals surface area contributed by atoms with Crippen molar-refractivity contribution in [1.29, 1.82) is 0 Å². The normalized spacial score (nSPS) is 18.1. The molecular weight excluding hydrogens is 457 g/mol. The third-order valence-electron chi connectivity index (χ3n) is 6.75. The van der Waals surface area contributed by atoms with Crippen molar-refractivity contribution >= 4 is 17.9 Å². The molecule has 1 fully saturated rings. The zero-order valence-corrected chi connectivity index (χ0v) is 20.8. The average Bonchev–Trinajstić information content (AvgIpc) is 3.47. The number of likely N-dealkylation sites (tertiary alicyclic amines) is 1. The molecule has 3 aromatic rings. The number of aliphatic imine (C=N–C) groups is 1. The fourth-order valence-corrected chi connectivity index (χ4v) is 4.78. The van der Waals surface area contributed by atoms with Crippen LogP contribution >= 0.6 is 0 Å². The van der Waals surface area contributed by atoms with E-state index in [1.54, 1.807) is 36.5 Å². The number of aromatic nitrogens is 2. The molecule has 0 bridgehead atoms. The summed E-state index contributed by atoms with van der Waals surface area (Å²) in [6, 6.07) is 11.8. The predicted octanol–water partition coefficient (Wildman–Crippen LogP) is 5.11. The van der Waals surface area contributed by atoms with Gasteiger partial charge in [0.15, 0.2) is 0 Å². The highest BCUT2D eigenvalue weighted by Crippen LogP contribution is 2.32. The van der Waals surface area contributed by atoms with Crippen LogP contribution in [0, 0.1) is 12.7 Å². The molecule has 1 aromatic heterocycles. The van der Waals surface area contributed by atoms with E-state index in [1.165, 1.54) is 18.6 Å². The van der Waals surface area contributed by atoms with E-state index in [0.29, 0.717) is 17.4 Å². The van der Waals surface area contributed by atoms with Gasteiger partial charge in [-0.25, -0.2) is 14.4 Å². The average molecular weight is 488 g/mol. The summed E-state index contributed by atoms with van der Waals surface area (Å²) in [5.41, 5.74) is 3.82. The lowest BCUT2D eigenvalue weighted by atomic mass is 10.1. The van der Waals surface area contributed by atoms with Crippen LogP contribution in [0.3, 0.4) is 0 Å². The minimum absolute atomic E-state index is 0.166. The maximum Gasteiger partial charge on any atom is 0.279 e. The van der Waals surface area contributed by atoms with Crippen LogP contribution in [0.4, 0.5) is 4.39 Å². The number of rotatable bonds is 5. The Balaban J connectivity index is 1.50. The number of carbonyl (C=O) groups is 1. The Bertz CT molecular complexity index is 1320. The van der Waals surface area contributed by atoms with Crippen LogP contribution in [0.25, 0.3) is 11.8 Å². The van der Waals surface area contributed by atoms with Crippen LogP contribution in [-0.2, 0) is 4.79 Å². The summed E-state index contributed by atoms with van der Waals surface area (Å²) in [6.45, 7) is 5.61. The summed E-state index contributed by atoms with van der Waals surface area (Å²) in [4.78, 5) is 26.7. The Kier molecular flexibility index (Phi) is 6.59. The monoisotopic (exact) mass is 487 g/mol. The van der Waals surface area contributed by atoms with Gasteiger partial charge in [0, 0.05) is 19.3 Å². The Hall–Kier alpha value is -3.94. The van der Waals surface area contributed by atoms with Gasteiger partial charge >= 0.3 is 0 Å². The van der Waals surface area contributed by atoms with Gasteiger partial charge in [0.1, 0.15) is 17.3 Å². The molecule has 3 heterocycles. The second-order valence-electron chi connectivity index (χ2n) is 9.25. The number of halogens is 1. The molecule has 1 saturated heterocycles. The van der Waals surface area contributed by atoms with E-state index in [9.17, 15) is 9.18 Å². The standard InChI is InChI=1S/C28H30FN5O2/c1-19-17-33(18-30-19)25-12-7-21(16-26(25)36-3)15-24-27(35)34(20(2)22-8-10-23(29)11-9-22)28(31-24)32-13-5-4-6-14-32/h7-12,15-18,20H,4-6,13-14H2,1-3H3/b24-15-/t20-/m0/s1. The summed E-state index contributed by atoms with van der Waals surface area (Å²) in [6.07, 6.45) is 8.79. The zero-order valence-electron chi connectivity index (χ0n) is 20.8. The number of benzene rings is 2. The number of hydrogen-bond acceptors (Lipinski definition) is 5.